The van der Waals surface area contributed by atoms with Crippen LogP contribution in [0.15, 0.2) is 70.9 Å². The van der Waals surface area contributed by atoms with Crippen molar-refractivity contribution in [1.82, 2.24) is 8.87 Å². The monoisotopic (exact) mass is 477 g/mol. The largest absolute Gasteiger partial charge is 0.498 e. The summed E-state index contributed by atoms with van der Waals surface area (Å²) in [5, 5.41) is 11.2. The average Bonchev–Trinajstić information content (AvgIpc) is 3.34. The van der Waals surface area contributed by atoms with E-state index in [2.05, 4.69) is 24.0 Å². The van der Waals surface area contributed by atoms with Gasteiger partial charge in [0.25, 0.3) is 0 Å². The number of rotatable bonds is 4. The minimum absolute atomic E-state index is 0.136. The van der Waals surface area contributed by atoms with E-state index in [4.69, 9.17) is 9.47 Å². The van der Waals surface area contributed by atoms with Crippen molar-refractivity contribution in [3.05, 3.63) is 76.5 Å². The quantitative estimate of drug-likeness (QED) is 0.657. The fraction of sp³-hybridized carbons (Fsp3) is 0.346. The molecule has 2 aliphatic heterocycles. The second-order valence-corrected chi connectivity index (χ2v) is 10.9. The van der Waals surface area contributed by atoms with Gasteiger partial charge in [0.05, 0.1) is 25.0 Å². The summed E-state index contributed by atoms with van der Waals surface area (Å²) >= 11 is 0. The van der Waals surface area contributed by atoms with Crippen LogP contribution in [0.4, 0.5) is 0 Å². The highest BCUT2D eigenvalue weighted by atomic mass is 32.2. The van der Waals surface area contributed by atoms with Crippen molar-refractivity contribution in [3.8, 4) is 6.07 Å². The lowest BCUT2D eigenvalue weighted by atomic mass is 9.83. The number of benzene rings is 1. The lowest BCUT2D eigenvalue weighted by Gasteiger charge is -2.39. The molecule has 3 atom stereocenters. The second-order valence-electron chi connectivity index (χ2n) is 9.00. The van der Waals surface area contributed by atoms with Gasteiger partial charge in [0.15, 0.2) is 0 Å². The molecule has 1 aliphatic carbocycles. The fourth-order valence-electron chi connectivity index (χ4n) is 5.62. The van der Waals surface area contributed by atoms with Gasteiger partial charge in [-0.1, -0.05) is 18.2 Å². The van der Waals surface area contributed by atoms with Crippen LogP contribution in [0.3, 0.4) is 0 Å². The molecule has 1 aromatic heterocycles. The van der Waals surface area contributed by atoms with Crippen LogP contribution < -0.4 is 0 Å². The molecule has 0 saturated heterocycles. The maximum atomic E-state index is 12.5. The van der Waals surface area contributed by atoms with Gasteiger partial charge in [-0.15, -0.1) is 0 Å². The van der Waals surface area contributed by atoms with Gasteiger partial charge in [0.2, 0.25) is 10.0 Å². The van der Waals surface area contributed by atoms with Crippen molar-refractivity contribution in [2.45, 2.75) is 32.4 Å². The molecular formula is C26H27N3O4S. The number of aromatic nitrogens is 1. The standard InChI is InChI=1S/C26H27N3O4S/c1-15-10-17-11-23(32-3)24(33-4)12-19(17)26-20(13-27)25(16(2)29(15)26)21-14-28(34(5,30)31)22-9-7-6-8-18(21)22/h6-9,11-12,14-15,20,23H,10H2,1-5H3. The number of allylic oxidation sites excluding steroid dienone is 4. The van der Waals surface area contributed by atoms with Crippen LogP contribution in [0.25, 0.3) is 16.5 Å². The van der Waals surface area contributed by atoms with Gasteiger partial charge in [-0.2, -0.15) is 5.26 Å². The van der Waals surface area contributed by atoms with Crippen LogP contribution in [0.2, 0.25) is 0 Å². The van der Waals surface area contributed by atoms with Crippen molar-refractivity contribution in [1.29, 1.82) is 5.26 Å². The molecule has 176 valence electrons. The van der Waals surface area contributed by atoms with Gasteiger partial charge in [0, 0.05) is 52.8 Å². The molecule has 3 unspecified atom stereocenters. The number of ether oxygens (including phenoxy) is 2. The van der Waals surface area contributed by atoms with Gasteiger partial charge in [0.1, 0.15) is 17.8 Å². The molecule has 0 amide bonds. The SMILES string of the molecule is COC1=CC2=C3C(C#N)C(c4cn(S(C)(=O)=O)c5ccccc45)=C(C)N3C(C)CC2=CC1OC. The van der Waals surface area contributed by atoms with Crippen LogP contribution in [-0.4, -0.2) is 49.9 Å². The molecule has 0 radical (unpaired) electrons. The Balaban J connectivity index is 1.78. The maximum Gasteiger partial charge on any atom is 0.236 e. The van der Waals surface area contributed by atoms with Crippen LogP contribution in [0.1, 0.15) is 25.8 Å². The molecule has 1 aromatic carbocycles. The summed E-state index contributed by atoms with van der Waals surface area (Å²) in [5.74, 6) is 0.146. The molecule has 3 heterocycles. The summed E-state index contributed by atoms with van der Waals surface area (Å²) in [4.78, 5) is 2.24. The first kappa shape index (κ1) is 22.5. The molecule has 5 rings (SSSR count). The zero-order chi connectivity index (χ0) is 24.4. The van der Waals surface area contributed by atoms with Crippen molar-refractivity contribution in [2.75, 3.05) is 20.5 Å². The Kier molecular flexibility index (Phi) is 5.23. The Hall–Kier alpha value is -3.28. The lowest BCUT2D eigenvalue weighted by molar-refractivity contribution is 0.108. The molecule has 0 spiro atoms. The van der Waals surface area contributed by atoms with Crippen molar-refractivity contribution in [2.24, 2.45) is 5.92 Å². The van der Waals surface area contributed by atoms with Crippen molar-refractivity contribution >= 4 is 26.5 Å². The van der Waals surface area contributed by atoms with E-state index in [-0.39, 0.29) is 12.1 Å². The van der Waals surface area contributed by atoms with Gasteiger partial charge in [-0.3, -0.25) is 0 Å². The van der Waals surface area contributed by atoms with Gasteiger partial charge in [-0.05, 0) is 44.1 Å². The Morgan fingerprint density at radius 3 is 2.59 bits per heavy atom. The highest BCUT2D eigenvalue weighted by molar-refractivity contribution is 7.89. The first-order valence-corrected chi connectivity index (χ1v) is 13.0. The number of fused-ring (bicyclic) bond motifs is 3. The maximum absolute atomic E-state index is 12.5. The van der Waals surface area contributed by atoms with Crippen molar-refractivity contribution < 1.29 is 17.9 Å². The highest BCUT2D eigenvalue weighted by Crippen LogP contribution is 2.51. The number of nitrogens with zero attached hydrogens (tertiary/aromatic N) is 3. The number of hydrogen-bond acceptors (Lipinski definition) is 6. The van der Waals surface area contributed by atoms with Crippen molar-refractivity contribution in [3.63, 3.8) is 0 Å². The Morgan fingerprint density at radius 2 is 1.94 bits per heavy atom. The third-order valence-corrected chi connectivity index (χ3v) is 8.03. The van der Waals surface area contributed by atoms with Crippen LogP contribution in [-0.2, 0) is 19.5 Å². The van der Waals surface area contributed by atoms with E-state index in [9.17, 15) is 13.7 Å². The Bertz CT molecular complexity index is 1480. The van der Waals surface area contributed by atoms with E-state index >= 15 is 0 Å². The lowest BCUT2D eigenvalue weighted by Crippen LogP contribution is -2.36. The predicted octanol–water partition coefficient (Wildman–Crippen LogP) is 4.17. The molecule has 0 bridgehead atoms. The van der Waals surface area contributed by atoms with E-state index in [1.165, 1.54) is 10.2 Å². The normalized spacial score (nSPS) is 24.6. The number of nitriles is 1. The fourth-order valence-corrected chi connectivity index (χ4v) is 6.43. The Labute approximate surface area is 199 Å². The molecule has 0 N–H and O–H groups in total. The van der Waals surface area contributed by atoms with Gasteiger partial charge >= 0.3 is 0 Å². The molecule has 0 saturated carbocycles. The third kappa shape index (κ3) is 3.15. The molecule has 34 heavy (non-hydrogen) atoms. The highest BCUT2D eigenvalue weighted by Gasteiger charge is 2.44. The van der Waals surface area contributed by atoms with E-state index in [0.29, 0.717) is 11.3 Å². The third-order valence-electron chi connectivity index (χ3n) is 7.01. The first-order chi connectivity index (χ1) is 16.2. The smallest absolute Gasteiger partial charge is 0.236 e. The van der Waals surface area contributed by atoms with Gasteiger partial charge in [-0.25, -0.2) is 12.4 Å². The summed E-state index contributed by atoms with van der Waals surface area (Å²) in [7, 11) is -0.244. The topological polar surface area (TPSA) is 84.6 Å². The van der Waals surface area contributed by atoms with E-state index in [1.807, 2.05) is 31.2 Å². The minimum Gasteiger partial charge on any atom is -0.498 e. The molecular weight excluding hydrogens is 450 g/mol. The summed E-state index contributed by atoms with van der Waals surface area (Å²) in [6, 6.07) is 10.1. The molecule has 7 nitrogen and oxygen atoms in total. The van der Waals surface area contributed by atoms with Gasteiger partial charge < -0.3 is 14.4 Å². The first-order valence-electron chi connectivity index (χ1n) is 11.2. The zero-order valence-electron chi connectivity index (χ0n) is 19.9. The number of methoxy groups -OCH3 is 2. The van der Waals surface area contributed by atoms with E-state index in [0.717, 1.165) is 45.5 Å². The number of hydrogen-bond donors (Lipinski definition) is 0. The summed E-state index contributed by atoms with van der Waals surface area (Å²) in [6.07, 6.45) is 7.46. The number of para-hydroxylation sites is 1. The van der Waals surface area contributed by atoms with E-state index < -0.39 is 15.9 Å². The predicted molar refractivity (Wildman–Crippen MR) is 131 cm³/mol. The second kappa shape index (κ2) is 7.90. The molecule has 3 aliphatic rings. The minimum atomic E-state index is -3.52. The van der Waals surface area contributed by atoms with Crippen LogP contribution in [0, 0.1) is 17.2 Å². The molecule has 0 fully saturated rings. The van der Waals surface area contributed by atoms with E-state index in [1.54, 1.807) is 26.5 Å². The van der Waals surface area contributed by atoms with Crippen LogP contribution in [0.5, 0.6) is 0 Å². The summed E-state index contributed by atoms with van der Waals surface area (Å²) < 4.78 is 37.6. The Morgan fingerprint density at radius 1 is 1.21 bits per heavy atom. The zero-order valence-corrected chi connectivity index (χ0v) is 20.7. The average molecular weight is 478 g/mol. The summed E-state index contributed by atoms with van der Waals surface area (Å²) in [6.45, 7) is 4.17. The summed E-state index contributed by atoms with van der Waals surface area (Å²) in [5.41, 5.74) is 6.23. The molecule has 8 heteroatoms. The molecule has 2 aromatic rings. The van der Waals surface area contributed by atoms with Crippen LogP contribution >= 0.6 is 0 Å².